The highest BCUT2D eigenvalue weighted by molar-refractivity contribution is 5.07. The molecule has 0 N–H and O–H groups in total. The van der Waals surface area contributed by atoms with Gasteiger partial charge in [0, 0.05) is 50.1 Å². The molecule has 0 saturated carbocycles. The van der Waals surface area contributed by atoms with E-state index in [1.54, 1.807) is 6.20 Å². The fourth-order valence-corrected chi connectivity index (χ4v) is 4.31. The minimum atomic E-state index is 0.0670. The summed E-state index contributed by atoms with van der Waals surface area (Å²) in [6, 6.07) is 6.03. The van der Waals surface area contributed by atoms with Crippen molar-refractivity contribution in [2.24, 2.45) is 5.41 Å². The lowest BCUT2D eigenvalue weighted by molar-refractivity contribution is -0.156. The fraction of sp³-hybridized carbons (Fsp3) is 0.600. The summed E-state index contributed by atoms with van der Waals surface area (Å²) in [5.74, 6) is 0.866. The standard InChI is InChI=1S/C20H27N3O3/c1-16-10-18(22-26-16)12-23-8-5-19-20(14-23,6-3-9-25-19)15-24-13-17-4-2-7-21-11-17/h2,4,7,10-11,19H,3,5-6,8-9,12-15H2,1H3. The van der Waals surface area contributed by atoms with Gasteiger partial charge in [-0.1, -0.05) is 11.2 Å². The number of nitrogens with zero attached hydrogens (tertiary/aromatic N) is 3. The first-order chi connectivity index (χ1) is 12.7. The molecule has 2 unspecified atom stereocenters. The second kappa shape index (κ2) is 7.86. The molecule has 2 aromatic rings. The first-order valence-electron chi connectivity index (χ1n) is 9.46. The number of hydrogen-bond donors (Lipinski definition) is 0. The molecule has 2 saturated heterocycles. The van der Waals surface area contributed by atoms with E-state index in [1.165, 1.54) is 0 Å². The van der Waals surface area contributed by atoms with Gasteiger partial charge in [0.15, 0.2) is 0 Å². The average Bonchev–Trinajstić information content (AvgIpc) is 3.07. The first-order valence-corrected chi connectivity index (χ1v) is 9.46. The molecule has 2 aromatic heterocycles. The van der Waals surface area contributed by atoms with Gasteiger partial charge in [0.1, 0.15) is 5.76 Å². The molecule has 6 heteroatoms. The number of piperidine rings is 1. The molecular weight excluding hydrogens is 330 g/mol. The molecule has 6 nitrogen and oxygen atoms in total. The summed E-state index contributed by atoms with van der Waals surface area (Å²) < 4.78 is 17.5. The average molecular weight is 357 g/mol. The molecule has 2 fully saturated rings. The summed E-state index contributed by atoms with van der Waals surface area (Å²) >= 11 is 0. The van der Waals surface area contributed by atoms with E-state index in [1.807, 2.05) is 25.3 Å². The normalized spacial score (nSPS) is 26.6. The van der Waals surface area contributed by atoms with Crippen LogP contribution in [-0.2, 0) is 22.6 Å². The lowest BCUT2D eigenvalue weighted by Gasteiger charge is -2.50. The summed E-state index contributed by atoms with van der Waals surface area (Å²) in [4.78, 5) is 6.63. The number of hydrogen-bond acceptors (Lipinski definition) is 6. The van der Waals surface area contributed by atoms with Crippen LogP contribution in [0.25, 0.3) is 0 Å². The molecule has 140 valence electrons. The van der Waals surface area contributed by atoms with E-state index < -0.39 is 0 Å². The highest BCUT2D eigenvalue weighted by Gasteiger charge is 2.46. The van der Waals surface area contributed by atoms with Crippen LogP contribution in [0.4, 0.5) is 0 Å². The Balaban J connectivity index is 1.40. The van der Waals surface area contributed by atoms with Gasteiger partial charge < -0.3 is 14.0 Å². The number of ether oxygens (including phenoxy) is 2. The maximum absolute atomic E-state index is 6.14. The van der Waals surface area contributed by atoms with Crippen LogP contribution in [0.1, 0.15) is 36.3 Å². The zero-order chi connectivity index (χ0) is 17.8. The zero-order valence-electron chi connectivity index (χ0n) is 15.4. The Hall–Kier alpha value is -1.76. The van der Waals surface area contributed by atoms with Crippen molar-refractivity contribution in [2.45, 2.75) is 45.4 Å². The van der Waals surface area contributed by atoms with Crippen LogP contribution >= 0.6 is 0 Å². The van der Waals surface area contributed by atoms with Crippen molar-refractivity contribution >= 4 is 0 Å². The smallest absolute Gasteiger partial charge is 0.133 e. The van der Waals surface area contributed by atoms with E-state index >= 15 is 0 Å². The van der Waals surface area contributed by atoms with Gasteiger partial charge in [-0.05, 0) is 37.8 Å². The molecule has 0 bridgehead atoms. The summed E-state index contributed by atoms with van der Waals surface area (Å²) in [5.41, 5.74) is 2.18. The van der Waals surface area contributed by atoms with E-state index in [-0.39, 0.29) is 5.41 Å². The minimum absolute atomic E-state index is 0.0670. The van der Waals surface area contributed by atoms with Crippen molar-refractivity contribution in [1.29, 1.82) is 0 Å². The van der Waals surface area contributed by atoms with Crippen molar-refractivity contribution in [3.8, 4) is 0 Å². The van der Waals surface area contributed by atoms with Gasteiger partial charge in [0.25, 0.3) is 0 Å². The second-order valence-electron chi connectivity index (χ2n) is 7.61. The van der Waals surface area contributed by atoms with Crippen LogP contribution < -0.4 is 0 Å². The Kier molecular flexibility index (Phi) is 5.33. The summed E-state index contributed by atoms with van der Waals surface area (Å²) in [7, 11) is 0. The van der Waals surface area contributed by atoms with E-state index in [9.17, 15) is 0 Å². The van der Waals surface area contributed by atoms with Crippen LogP contribution in [0.5, 0.6) is 0 Å². The monoisotopic (exact) mass is 357 g/mol. The van der Waals surface area contributed by atoms with E-state index in [2.05, 4.69) is 21.1 Å². The maximum Gasteiger partial charge on any atom is 0.133 e. The molecule has 0 spiro atoms. The predicted octanol–water partition coefficient (Wildman–Crippen LogP) is 2.97. The number of likely N-dealkylation sites (tertiary alicyclic amines) is 1. The molecule has 2 atom stereocenters. The van der Waals surface area contributed by atoms with Gasteiger partial charge >= 0.3 is 0 Å². The SMILES string of the molecule is Cc1cc(CN2CCC3OCCCC3(COCc3cccnc3)C2)no1. The summed E-state index contributed by atoms with van der Waals surface area (Å²) in [5, 5.41) is 4.15. The Morgan fingerprint density at radius 1 is 1.42 bits per heavy atom. The number of aryl methyl sites for hydroxylation is 1. The van der Waals surface area contributed by atoms with Crippen LogP contribution in [-0.4, -0.2) is 47.4 Å². The maximum atomic E-state index is 6.14. The second-order valence-corrected chi connectivity index (χ2v) is 7.61. The van der Waals surface area contributed by atoms with E-state index in [0.29, 0.717) is 12.7 Å². The van der Waals surface area contributed by atoms with Crippen LogP contribution in [0.2, 0.25) is 0 Å². The van der Waals surface area contributed by atoms with Crippen LogP contribution in [0.3, 0.4) is 0 Å². The van der Waals surface area contributed by atoms with Gasteiger partial charge in [-0.2, -0.15) is 0 Å². The van der Waals surface area contributed by atoms with E-state index in [4.69, 9.17) is 14.0 Å². The molecule has 2 aliphatic heterocycles. The Bertz CT molecular complexity index is 705. The Morgan fingerprint density at radius 3 is 3.19 bits per heavy atom. The van der Waals surface area contributed by atoms with Crippen LogP contribution in [0.15, 0.2) is 35.1 Å². The van der Waals surface area contributed by atoms with Crippen molar-refractivity contribution in [3.05, 3.63) is 47.6 Å². The molecule has 2 aliphatic rings. The highest BCUT2D eigenvalue weighted by Crippen LogP contribution is 2.41. The Labute approximate surface area is 154 Å². The largest absolute Gasteiger partial charge is 0.377 e. The summed E-state index contributed by atoms with van der Waals surface area (Å²) in [6.07, 6.45) is 7.25. The Morgan fingerprint density at radius 2 is 2.38 bits per heavy atom. The number of fused-ring (bicyclic) bond motifs is 1. The molecule has 4 heterocycles. The predicted molar refractivity (Wildman–Crippen MR) is 96.4 cm³/mol. The number of pyridine rings is 1. The third kappa shape index (κ3) is 3.98. The molecule has 26 heavy (non-hydrogen) atoms. The van der Waals surface area contributed by atoms with Gasteiger partial charge in [0.05, 0.1) is 25.0 Å². The topological polar surface area (TPSA) is 60.6 Å². The highest BCUT2D eigenvalue weighted by atomic mass is 16.5. The van der Waals surface area contributed by atoms with Crippen molar-refractivity contribution in [1.82, 2.24) is 15.0 Å². The lowest BCUT2D eigenvalue weighted by atomic mass is 9.73. The molecule has 0 radical (unpaired) electrons. The minimum Gasteiger partial charge on any atom is -0.377 e. The molecule has 0 aliphatic carbocycles. The third-order valence-electron chi connectivity index (χ3n) is 5.51. The van der Waals surface area contributed by atoms with Crippen LogP contribution in [0, 0.1) is 12.3 Å². The quantitative estimate of drug-likeness (QED) is 0.792. The van der Waals surface area contributed by atoms with Crippen molar-refractivity contribution in [2.75, 3.05) is 26.3 Å². The molecular formula is C20H27N3O3. The van der Waals surface area contributed by atoms with Gasteiger partial charge in [-0.3, -0.25) is 9.88 Å². The number of aromatic nitrogens is 2. The van der Waals surface area contributed by atoms with Gasteiger partial charge in [-0.15, -0.1) is 0 Å². The third-order valence-corrected chi connectivity index (χ3v) is 5.51. The number of rotatable bonds is 6. The molecule has 4 rings (SSSR count). The summed E-state index contributed by atoms with van der Waals surface area (Å²) in [6.45, 7) is 6.97. The van der Waals surface area contributed by atoms with Crippen molar-refractivity contribution in [3.63, 3.8) is 0 Å². The first kappa shape index (κ1) is 17.6. The molecule has 0 amide bonds. The fourth-order valence-electron chi connectivity index (χ4n) is 4.31. The van der Waals surface area contributed by atoms with Gasteiger partial charge in [-0.25, -0.2) is 0 Å². The van der Waals surface area contributed by atoms with E-state index in [0.717, 1.165) is 69.1 Å². The zero-order valence-corrected chi connectivity index (χ0v) is 15.4. The van der Waals surface area contributed by atoms with Gasteiger partial charge in [0.2, 0.25) is 0 Å². The van der Waals surface area contributed by atoms with Crippen molar-refractivity contribution < 1.29 is 14.0 Å². The molecule has 0 aromatic carbocycles. The lowest BCUT2D eigenvalue weighted by Crippen LogP contribution is -2.56.